The van der Waals surface area contributed by atoms with Crippen LogP contribution in [0.5, 0.6) is 0 Å². The van der Waals surface area contributed by atoms with Crippen molar-refractivity contribution in [2.45, 2.75) is 58.4 Å². The van der Waals surface area contributed by atoms with E-state index in [9.17, 15) is 26.3 Å². The number of carboxylic acid groups (broad SMARTS) is 2. The van der Waals surface area contributed by atoms with E-state index in [2.05, 4.69) is 33.0 Å². The molecule has 0 bridgehead atoms. The third kappa shape index (κ3) is 8.66. The number of carboxylic acids is 2. The molecule has 4 heterocycles. The van der Waals surface area contributed by atoms with Crippen LogP contribution in [0.3, 0.4) is 0 Å². The van der Waals surface area contributed by atoms with E-state index in [0.29, 0.717) is 6.04 Å². The second kappa shape index (κ2) is 11.9. The van der Waals surface area contributed by atoms with Gasteiger partial charge in [0.2, 0.25) is 0 Å². The summed E-state index contributed by atoms with van der Waals surface area (Å²) in [5.41, 5.74) is 5.09. The Morgan fingerprint density at radius 2 is 1.65 bits per heavy atom. The first kappa shape index (κ1) is 29.4. The molecular formula is C21H23F6N5O5. The zero-order valence-electron chi connectivity index (χ0n) is 19.5. The standard InChI is InChI=1S/C17H21N5O.2C2HF3O2/c1-13(2)22-17-10-21(7-14-3-6-23-11-14)8-15(17)16(19-22)9-20-5-4-18-12-20;2*3-2(4,5)1(6)7/h3-6,11-13H,7-10H2,1-2H3;2*(H,6,7). The minimum atomic E-state index is -5.08. The van der Waals surface area contributed by atoms with Crippen molar-refractivity contribution in [3.63, 3.8) is 0 Å². The summed E-state index contributed by atoms with van der Waals surface area (Å²) < 4.78 is 72.9. The summed E-state index contributed by atoms with van der Waals surface area (Å²) in [7, 11) is 0. The van der Waals surface area contributed by atoms with E-state index in [1.165, 1.54) is 16.8 Å². The first-order valence-corrected chi connectivity index (χ1v) is 10.5. The van der Waals surface area contributed by atoms with Crippen molar-refractivity contribution in [3.05, 3.63) is 59.8 Å². The molecule has 16 heteroatoms. The van der Waals surface area contributed by atoms with Gasteiger partial charge in [0.25, 0.3) is 0 Å². The second-order valence-corrected chi connectivity index (χ2v) is 8.03. The zero-order valence-corrected chi connectivity index (χ0v) is 19.5. The predicted molar refractivity (Wildman–Crippen MR) is 113 cm³/mol. The molecule has 0 saturated carbocycles. The van der Waals surface area contributed by atoms with E-state index in [1.807, 2.05) is 31.1 Å². The Kier molecular flexibility index (Phi) is 9.49. The minimum absolute atomic E-state index is 0.370. The minimum Gasteiger partial charge on any atom is -0.475 e. The van der Waals surface area contributed by atoms with Crippen LogP contribution in [0.2, 0.25) is 0 Å². The Labute approximate surface area is 205 Å². The number of aromatic nitrogens is 4. The zero-order chi connectivity index (χ0) is 28.0. The molecule has 0 aromatic carbocycles. The van der Waals surface area contributed by atoms with E-state index in [1.54, 1.807) is 6.26 Å². The van der Waals surface area contributed by atoms with Crippen molar-refractivity contribution >= 4 is 11.9 Å². The fraction of sp³-hybridized carbons (Fsp3) is 0.429. The third-order valence-electron chi connectivity index (χ3n) is 4.81. The maximum absolute atomic E-state index is 10.6. The normalized spacial score (nSPS) is 13.4. The Hall–Kier alpha value is -3.82. The molecule has 0 aliphatic carbocycles. The monoisotopic (exact) mass is 539 g/mol. The van der Waals surface area contributed by atoms with Gasteiger partial charge in [0.1, 0.15) is 0 Å². The summed E-state index contributed by atoms with van der Waals surface area (Å²) in [4.78, 5) is 24.4. The fourth-order valence-electron chi connectivity index (χ4n) is 3.26. The summed E-state index contributed by atoms with van der Waals surface area (Å²) >= 11 is 0. The van der Waals surface area contributed by atoms with Gasteiger partial charge in [0.15, 0.2) is 0 Å². The summed E-state index contributed by atoms with van der Waals surface area (Å²) in [5.74, 6) is -5.51. The van der Waals surface area contributed by atoms with E-state index in [-0.39, 0.29) is 0 Å². The first-order chi connectivity index (χ1) is 17.1. The number of furan rings is 1. The molecule has 0 amide bonds. The van der Waals surface area contributed by atoms with Crippen LogP contribution in [0.4, 0.5) is 26.3 Å². The van der Waals surface area contributed by atoms with Crippen LogP contribution in [-0.4, -0.2) is 58.7 Å². The molecule has 0 spiro atoms. The fourth-order valence-corrected chi connectivity index (χ4v) is 3.26. The second-order valence-electron chi connectivity index (χ2n) is 8.03. The highest BCUT2D eigenvalue weighted by Gasteiger charge is 2.38. The smallest absolute Gasteiger partial charge is 0.475 e. The summed E-state index contributed by atoms with van der Waals surface area (Å²) in [5, 5.41) is 19.1. The van der Waals surface area contributed by atoms with Crippen molar-refractivity contribution in [1.82, 2.24) is 24.2 Å². The van der Waals surface area contributed by atoms with E-state index >= 15 is 0 Å². The van der Waals surface area contributed by atoms with Gasteiger partial charge in [-0.3, -0.25) is 9.58 Å². The van der Waals surface area contributed by atoms with Crippen molar-refractivity contribution in [2.24, 2.45) is 0 Å². The largest absolute Gasteiger partial charge is 0.490 e. The van der Waals surface area contributed by atoms with Crippen molar-refractivity contribution in [3.8, 4) is 0 Å². The lowest BCUT2D eigenvalue weighted by molar-refractivity contribution is -0.193. The lowest BCUT2D eigenvalue weighted by atomic mass is 10.2. The Morgan fingerprint density at radius 1 is 1.05 bits per heavy atom. The molecule has 0 radical (unpaired) electrons. The summed E-state index contributed by atoms with van der Waals surface area (Å²) in [6.07, 6.45) is -0.966. The van der Waals surface area contributed by atoms with Gasteiger partial charge >= 0.3 is 24.3 Å². The Morgan fingerprint density at radius 3 is 2.08 bits per heavy atom. The van der Waals surface area contributed by atoms with Gasteiger partial charge in [-0.05, 0) is 19.9 Å². The van der Waals surface area contributed by atoms with Crippen molar-refractivity contribution in [2.75, 3.05) is 0 Å². The number of carbonyl (C=O) groups is 2. The van der Waals surface area contributed by atoms with Gasteiger partial charge in [-0.25, -0.2) is 14.6 Å². The topological polar surface area (TPSA) is 127 Å². The van der Waals surface area contributed by atoms with E-state index in [4.69, 9.17) is 29.3 Å². The molecule has 1 aliphatic heterocycles. The molecule has 1 aliphatic rings. The lowest BCUT2D eigenvalue weighted by Gasteiger charge is -2.16. The van der Waals surface area contributed by atoms with Crippen LogP contribution in [0.1, 0.15) is 42.4 Å². The van der Waals surface area contributed by atoms with Crippen LogP contribution in [0.25, 0.3) is 0 Å². The van der Waals surface area contributed by atoms with Gasteiger partial charge in [0.05, 0.1) is 36.8 Å². The number of hydrogen-bond donors (Lipinski definition) is 2. The molecule has 10 nitrogen and oxygen atoms in total. The highest BCUT2D eigenvalue weighted by molar-refractivity contribution is 5.73. The molecule has 2 N–H and O–H groups in total. The van der Waals surface area contributed by atoms with E-state index < -0.39 is 24.3 Å². The van der Waals surface area contributed by atoms with Gasteiger partial charge in [-0.1, -0.05) is 0 Å². The molecule has 0 saturated heterocycles. The van der Waals surface area contributed by atoms with Gasteiger partial charge in [-0.15, -0.1) is 0 Å². The van der Waals surface area contributed by atoms with Crippen LogP contribution in [0.15, 0.2) is 41.7 Å². The molecular weight excluding hydrogens is 516 g/mol. The lowest BCUT2D eigenvalue weighted by Crippen LogP contribution is -2.21. The number of imidazole rings is 1. The van der Waals surface area contributed by atoms with Gasteiger partial charge < -0.3 is 19.2 Å². The number of halogens is 6. The predicted octanol–water partition coefficient (Wildman–Crippen LogP) is 4.08. The number of nitrogens with zero attached hydrogens (tertiary/aromatic N) is 5. The average molecular weight is 539 g/mol. The number of rotatable bonds is 5. The van der Waals surface area contributed by atoms with Crippen molar-refractivity contribution < 1.29 is 50.6 Å². The summed E-state index contributed by atoms with van der Waals surface area (Å²) in [6.45, 7) is 7.95. The van der Waals surface area contributed by atoms with Crippen LogP contribution in [0, 0.1) is 0 Å². The Bertz CT molecular complexity index is 1130. The molecule has 3 aromatic heterocycles. The molecule has 0 unspecified atom stereocenters. The number of aliphatic carboxylic acids is 2. The molecule has 3 aromatic rings. The quantitative estimate of drug-likeness (QED) is 0.465. The number of fused-ring (bicyclic) bond motifs is 1. The molecule has 0 fully saturated rings. The highest BCUT2D eigenvalue weighted by atomic mass is 19.4. The van der Waals surface area contributed by atoms with E-state index in [0.717, 1.165) is 31.9 Å². The average Bonchev–Trinajstić information content (AvgIpc) is 3.55. The maximum atomic E-state index is 10.6. The van der Waals surface area contributed by atoms with Gasteiger partial charge in [-0.2, -0.15) is 31.4 Å². The molecule has 37 heavy (non-hydrogen) atoms. The van der Waals surface area contributed by atoms with Crippen LogP contribution >= 0.6 is 0 Å². The highest BCUT2D eigenvalue weighted by Crippen LogP contribution is 2.30. The first-order valence-electron chi connectivity index (χ1n) is 10.5. The third-order valence-corrected chi connectivity index (χ3v) is 4.81. The van der Waals surface area contributed by atoms with Crippen LogP contribution < -0.4 is 0 Å². The molecule has 4 rings (SSSR count). The molecule has 0 atom stereocenters. The van der Waals surface area contributed by atoms with Crippen LogP contribution in [-0.2, 0) is 35.8 Å². The molecule has 204 valence electrons. The SMILES string of the molecule is CC(C)n1nc(Cn2ccnc2)c2c1CN(Cc1ccoc1)C2.O=C(O)C(F)(F)F.O=C(O)C(F)(F)F. The number of alkyl halides is 6. The summed E-state index contributed by atoms with van der Waals surface area (Å²) in [6, 6.07) is 2.40. The maximum Gasteiger partial charge on any atom is 0.490 e. The Balaban J connectivity index is 0.000000286. The number of hydrogen-bond acceptors (Lipinski definition) is 6. The van der Waals surface area contributed by atoms with Crippen molar-refractivity contribution in [1.29, 1.82) is 0 Å². The van der Waals surface area contributed by atoms with Gasteiger partial charge in [0, 0.05) is 49.2 Å².